The molecule has 7 nitrogen and oxygen atoms in total. The zero-order chi connectivity index (χ0) is 14.4. The van der Waals surface area contributed by atoms with Gasteiger partial charge in [0, 0.05) is 13.1 Å². The standard InChI is InChI=1S/C11H16N6OS2/c1-20-11(19)16-15-10(12)8-6-13-7-9(14-8)17-2-4-18-5-3-17/h6-7H,2-5H2,1H3,(H2,12,15)(H,16,19). The second kappa shape index (κ2) is 7.36. The van der Waals surface area contributed by atoms with E-state index in [1.165, 1.54) is 11.8 Å². The quantitative estimate of drug-likeness (QED) is 0.353. The minimum absolute atomic E-state index is 0.254. The van der Waals surface area contributed by atoms with Crippen LogP contribution in [0.4, 0.5) is 5.82 Å². The Labute approximate surface area is 127 Å². The zero-order valence-corrected chi connectivity index (χ0v) is 12.7. The number of thioether (sulfide) groups is 1. The molecule has 1 fully saturated rings. The highest BCUT2D eigenvalue weighted by molar-refractivity contribution is 8.22. The molecule has 1 aromatic heterocycles. The number of ether oxygens (including phenoxy) is 1. The van der Waals surface area contributed by atoms with E-state index >= 15 is 0 Å². The number of amidine groups is 1. The molecular formula is C11H16N6OS2. The Morgan fingerprint density at radius 2 is 2.25 bits per heavy atom. The van der Waals surface area contributed by atoms with Crippen molar-refractivity contribution in [1.82, 2.24) is 15.4 Å². The van der Waals surface area contributed by atoms with E-state index in [0.29, 0.717) is 23.2 Å². The first kappa shape index (κ1) is 14.9. The minimum Gasteiger partial charge on any atom is -0.380 e. The third kappa shape index (κ3) is 4.02. The molecule has 1 aliphatic heterocycles. The van der Waals surface area contributed by atoms with E-state index < -0.39 is 0 Å². The Hall–Kier alpha value is -1.45. The summed E-state index contributed by atoms with van der Waals surface area (Å²) >= 11 is 6.37. The maximum atomic E-state index is 5.87. The highest BCUT2D eigenvalue weighted by Crippen LogP contribution is 2.11. The molecular weight excluding hydrogens is 296 g/mol. The maximum absolute atomic E-state index is 5.87. The number of anilines is 1. The van der Waals surface area contributed by atoms with Crippen LogP contribution in [-0.4, -0.2) is 52.7 Å². The molecule has 1 saturated heterocycles. The lowest BCUT2D eigenvalue weighted by Crippen LogP contribution is -2.37. The van der Waals surface area contributed by atoms with E-state index in [-0.39, 0.29) is 5.84 Å². The number of hydrogen-bond acceptors (Lipinski definition) is 7. The summed E-state index contributed by atoms with van der Waals surface area (Å²) in [6.45, 7) is 2.98. The largest absolute Gasteiger partial charge is 0.380 e. The van der Waals surface area contributed by atoms with E-state index in [1.54, 1.807) is 12.4 Å². The van der Waals surface area contributed by atoms with Crippen LogP contribution >= 0.6 is 24.0 Å². The molecule has 2 heterocycles. The summed E-state index contributed by atoms with van der Waals surface area (Å²) in [6.07, 6.45) is 5.15. The van der Waals surface area contributed by atoms with E-state index in [4.69, 9.17) is 22.7 Å². The number of morpholine rings is 1. The second-order valence-electron chi connectivity index (χ2n) is 3.96. The molecule has 2 rings (SSSR count). The number of rotatable bonds is 3. The fraction of sp³-hybridized carbons (Fsp3) is 0.455. The van der Waals surface area contributed by atoms with Gasteiger partial charge in [-0.1, -0.05) is 24.0 Å². The highest BCUT2D eigenvalue weighted by Gasteiger charge is 2.14. The van der Waals surface area contributed by atoms with E-state index in [0.717, 1.165) is 18.9 Å². The number of aromatic nitrogens is 2. The zero-order valence-electron chi connectivity index (χ0n) is 11.1. The molecule has 0 atom stereocenters. The topological polar surface area (TPSA) is 88.7 Å². The molecule has 9 heteroatoms. The molecule has 0 aliphatic carbocycles. The molecule has 0 aromatic carbocycles. The van der Waals surface area contributed by atoms with Crippen molar-refractivity contribution in [2.24, 2.45) is 10.8 Å². The molecule has 0 amide bonds. The molecule has 1 aromatic rings. The number of hydrazone groups is 1. The molecule has 1 aliphatic rings. The Kier molecular flexibility index (Phi) is 5.50. The van der Waals surface area contributed by atoms with Crippen molar-refractivity contribution in [3.05, 3.63) is 18.1 Å². The minimum atomic E-state index is 0.254. The van der Waals surface area contributed by atoms with Crippen molar-refractivity contribution in [3.8, 4) is 0 Å². The first-order valence-corrected chi connectivity index (χ1v) is 7.66. The molecule has 20 heavy (non-hydrogen) atoms. The van der Waals surface area contributed by atoms with Crippen LogP contribution in [0.5, 0.6) is 0 Å². The Morgan fingerprint density at radius 3 is 2.95 bits per heavy atom. The van der Waals surface area contributed by atoms with Crippen LogP contribution in [0.3, 0.4) is 0 Å². The third-order valence-corrected chi connectivity index (χ3v) is 3.73. The first-order valence-electron chi connectivity index (χ1n) is 6.03. The van der Waals surface area contributed by atoms with Crippen molar-refractivity contribution < 1.29 is 4.74 Å². The van der Waals surface area contributed by atoms with Crippen molar-refractivity contribution in [2.75, 3.05) is 37.5 Å². The van der Waals surface area contributed by atoms with Gasteiger partial charge in [0.25, 0.3) is 0 Å². The summed E-state index contributed by atoms with van der Waals surface area (Å²) in [5.41, 5.74) is 9.07. The van der Waals surface area contributed by atoms with Gasteiger partial charge in [0.05, 0.1) is 25.6 Å². The molecule has 3 N–H and O–H groups in total. The lowest BCUT2D eigenvalue weighted by molar-refractivity contribution is 0.122. The van der Waals surface area contributed by atoms with Gasteiger partial charge in [0.15, 0.2) is 10.2 Å². The summed E-state index contributed by atoms with van der Waals surface area (Å²) in [6, 6.07) is 0. The van der Waals surface area contributed by atoms with Gasteiger partial charge >= 0.3 is 0 Å². The highest BCUT2D eigenvalue weighted by atomic mass is 32.2. The average Bonchev–Trinajstić information content (AvgIpc) is 2.53. The normalized spacial score (nSPS) is 16.1. The summed E-state index contributed by atoms with van der Waals surface area (Å²) < 4.78 is 5.86. The van der Waals surface area contributed by atoms with Crippen LogP contribution in [0.25, 0.3) is 0 Å². The second-order valence-corrected chi connectivity index (χ2v) is 5.45. The van der Waals surface area contributed by atoms with Crippen LogP contribution in [0.15, 0.2) is 17.5 Å². The van der Waals surface area contributed by atoms with Gasteiger partial charge in [0.2, 0.25) is 0 Å². The van der Waals surface area contributed by atoms with Crippen LogP contribution in [0, 0.1) is 0 Å². The lowest BCUT2D eigenvalue weighted by atomic mass is 10.4. The number of nitrogens with two attached hydrogens (primary N) is 1. The molecule has 0 unspecified atom stereocenters. The van der Waals surface area contributed by atoms with Gasteiger partial charge < -0.3 is 15.4 Å². The molecule has 0 spiro atoms. The number of hydrogen-bond donors (Lipinski definition) is 2. The van der Waals surface area contributed by atoms with Gasteiger partial charge in [0.1, 0.15) is 11.5 Å². The van der Waals surface area contributed by atoms with Gasteiger partial charge in [-0.25, -0.2) is 4.98 Å². The van der Waals surface area contributed by atoms with Crippen LogP contribution in [-0.2, 0) is 4.74 Å². The maximum Gasteiger partial charge on any atom is 0.171 e. The Morgan fingerprint density at radius 1 is 1.50 bits per heavy atom. The molecule has 0 radical (unpaired) electrons. The fourth-order valence-electron chi connectivity index (χ4n) is 1.63. The first-order chi connectivity index (χ1) is 9.70. The third-order valence-electron chi connectivity index (χ3n) is 2.67. The molecule has 0 saturated carbocycles. The molecule has 0 bridgehead atoms. The number of thiocarbonyl (C=S) groups is 1. The number of nitrogens with zero attached hydrogens (tertiary/aromatic N) is 4. The van der Waals surface area contributed by atoms with Gasteiger partial charge in [-0.15, -0.1) is 0 Å². The van der Waals surface area contributed by atoms with Crippen molar-refractivity contribution in [2.45, 2.75) is 0 Å². The SMILES string of the molecule is CSC(=S)N/N=C(/N)c1cncc(N2CCOCC2)n1. The smallest absolute Gasteiger partial charge is 0.171 e. The summed E-state index contributed by atoms with van der Waals surface area (Å²) in [7, 11) is 0. The van der Waals surface area contributed by atoms with Crippen LogP contribution in [0.1, 0.15) is 5.69 Å². The van der Waals surface area contributed by atoms with E-state index in [1.807, 2.05) is 6.26 Å². The van der Waals surface area contributed by atoms with Gasteiger partial charge in [-0.05, 0) is 6.26 Å². The van der Waals surface area contributed by atoms with Gasteiger partial charge in [-0.2, -0.15) is 5.10 Å². The summed E-state index contributed by atoms with van der Waals surface area (Å²) in [5, 5.41) is 3.99. The van der Waals surface area contributed by atoms with Crippen molar-refractivity contribution in [1.29, 1.82) is 0 Å². The average molecular weight is 312 g/mol. The lowest BCUT2D eigenvalue weighted by Gasteiger charge is -2.27. The monoisotopic (exact) mass is 312 g/mol. The van der Waals surface area contributed by atoms with E-state index in [9.17, 15) is 0 Å². The Bertz CT molecular complexity index is 503. The van der Waals surface area contributed by atoms with Crippen molar-refractivity contribution >= 4 is 40.0 Å². The van der Waals surface area contributed by atoms with E-state index in [2.05, 4.69) is 25.4 Å². The van der Waals surface area contributed by atoms with Crippen LogP contribution in [0.2, 0.25) is 0 Å². The predicted octanol–water partition coefficient (Wildman–Crippen LogP) is 0.171. The predicted molar refractivity (Wildman–Crippen MR) is 85.0 cm³/mol. The van der Waals surface area contributed by atoms with Gasteiger partial charge in [-0.3, -0.25) is 10.4 Å². The molecule has 108 valence electrons. The number of nitrogens with one attached hydrogen (secondary N) is 1. The van der Waals surface area contributed by atoms with Crippen molar-refractivity contribution in [3.63, 3.8) is 0 Å². The summed E-state index contributed by atoms with van der Waals surface area (Å²) in [4.78, 5) is 10.7. The van der Waals surface area contributed by atoms with Crippen LogP contribution < -0.4 is 16.1 Å². The fourth-order valence-corrected chi connectivity index (χ4v) is 1.82. The Balaban J connectivity index is 2.10. The summed E-state index contributed by atoms with van der Waals surface area (Å²) in [5.74, 6) is 1.03.